The van der Waals surface area contributed by atoms with Gasteiger partial charge in [-0.25, -0.2) is 0 Å². The Hall–Kier alpha value is -1.08. The molecule has 0 bridgehead atoms. The van der Waals surface area contributed by atoms with Gasteiger partial charge < -0.3 is 0 Å². The number of allylic oxidation sites excluding steroid dienone is 2. The lowest BCUT2D eigenvalue weighted by Gasteiger charge is -2.19. The van der Waals surface area contributed by atoms with Crippen LogP contribution < -0.4 is 0 Å². The summed E-state index contributed by atoms with van der Waals surface area (Å²) in [6.45, 7) is 0. The Bertz CT molecular complexity index is 406. The number of carbonyl (C=O) groups excluding carboxylic acids is 1. The maximum absolute atomic E-state index is 11.0. The molecule has 16 heavy (non-hydrogen) atoms. The molecule has 2 heteroatoms. The first kappa shape index (κ1) is 11.4. The fourth-order valence-electron chi connectivity index (χ4n) is 2.32. The Labute approximate surface area is 101 Å². The second kappa shape index (κ2) is 5.31. The van der Waals surface area contributed by atoms with Gasteiger partial charge >= 0.3 is 0 Å². The first-order valence-electron chi connectivity index (χ1n) is 5.72. The summed E-state index contributed by atoms with van der Waals surface area (Å²) in [5.74, 6) is 0. The van der Waals surface area contributed by atoms with E-state index < -0.39 is 0 Å². The molecule has 0 unspecified atom stereocenters. The van der Waals surface area contributed by atoms with Gasteiger partial charge in [0.25, 0.3) is 0 Å². The number of rotatable bonds is 3. The number of hydrogen-bond acceptors (Lipinski definition) is 1. The van der Waals surface area contributed by atoms with E-state index in [1.165, 1.54) is 29.6 Å². The minimum absolute atomic E-state index is 0.245. The van der Waals surface area contributed by atoms with Crippen molar-refractivity contribution in [3.8, 4) is 0 Å². The monoisotopic (exact) mass is 234 g/mol. The highest BCUT2D eigenvalue weighted by Gasteiger charge is 2.15. The number of halogens is 1. The minimum atomic E-state index is -0.245. The van der Waals surface area contributed by atoms with Crippen molar-refractivity contribution in [3.63, 3.8) is 0 Å². The Kier molecular flexibility index (Phi) is 3.79. The maximum Gasteiger partial charge on any atom is 0.225 e. The summed E-state index contributed by atoms with van der Waals surface area (Å²) >= 11 is 5.49. The smallest absolute Gasteiger partial charge is 0.225 e. The van der Waals surface area contributed by atoms with E-state index in [0.717, 1.165) is 12.8 Å². The summed E-state index contributed by atoms with van der Waals surface area (Å²) < 4.78 is 0. The summed E-state index contributed by atoms with van der Waals surface area (Å²) in [5.41, 5.74) is 3.81. The number of carbonyl (C=O) groups is 1. The predicted octanol–water partition coefficient (Wildman–Crippen LogP) is 4.17. The van der Waals surface area contributed by atoms with Crippen molar-refractivity contribution in [2.24, 2.45) is 0 Å². The molecule has 0 fully saturated rings. The van der Waals surface area contributed by atoms with Gasteiger partial charge in [0.1, 0.15) is 0 Å². The van der Waals surface area contributed by atoms with Crippen LogP contribution >= 0.6 is 11.6 Å². The molecular formula is C14H15ClO. The van der Waals surface area contributed by atoms with Crippen LogP contribution in [0.4, 0.5) is 0 Å². The van der Waals surface area contributed by atoms with Gasteiger partial charge in [0.15, 0.2) is 0 Å². The van der Waals surface area contributed by atoms with Crippen molar-refractivity contribution in [3.05, 3.63) is 41.5 Å². The highest BCUT2D eigenvalue weighted by atomic mass is 35.5. The molecule has 0 heterocycles. The van der Waals surface area contributed by atoms with Gasteiger partial charge in [-0.15, -0.1) is 0 Å². The molecule has 0 aromatic heterocycles. The van der Waals surface area contributed by atoms with E-state index >= 15 is 0 Å². The molecule has 0 saturated carbocycles. The topological polar surface area (TPSA) is 17.1 Å². The summed E-state index contributed by atoms with van der Waals surface area (Å²) in [6, 6.07) is 10.3. The van der Waals surface area contributed by atoms with Crippen molar-refractivity contribution >= 4 is 22.4 Å². The fraction of sp³-hybridized carbons (Fsp3) is 0.357. The highest BCUT2D eigenvalue weighted by Crippen LogP contribution is 2.34. The van der Waals surface area contributed by atoms with E-state index in [9.17, 15) is 4.79 Å². The quantitative estimate of drug-likeness (QED) is 0.718. The first-order valence-corrected chi connectivity index (χ1v) is 6.10. The molecule has 0 saturated heterocycles. The zero-order valence-electron chi connectivity index (χ0n) is 9.21. The SMILES string of the molecule is O=C(Cl)CC1=C(c2ccccc2)CCCC1. The molecule has 0 aliphatic heterocycles. The van der Waals surface area contributed by atoms with Crippen LogP contribution in [0.3, 0.4) is 0 Å². The lowest BCUT2D eigenvalue weighted by Crippen LogP contribution is -2.02. The Morgan fingerprint density at radius 3 is 2.50 bits per heavy atom. The van der Waals surface area contributed by atoms with Crippen LogP contribution in [-0.2, 0) is 4.79 Å². The third kappa shape index (κ3) is 2.73. The average molecular weight is 235 g/mol. The summed E-state index contributed by atoms with van der Waals surface area (Å²) in [5, 5.41) is -0.245. The van der Waals surface area contributed by atoms with Gasteiger partial charge in [0.2, 0.25) is 5.24 Å². The predicted molar refractivity (Wildman–Crippen MR) is 67.3 cm³/mol. The molecule has 1 aliphatic rings. The van der Waals surface area contributed by atoms with Crippen LogP contribution in [0.1, 0.15) is 37.7 Å². The van der Waals surface area contributed by atoms with E-state index in [0.29, 0.717) is 6.42 Å². The molecule has 1 nitrogen and oxygen atoms in total. The molecule has 0 N–H and O–H groups in total. The summed E-state index contributed by atoms with van der Waals surface area (Å²) in [4.78, 5) is 11.0. The standard InChI is InChI=1S/C14H15ClO/c15-14(16)10-12-8-4-5-9-13(12)11-6-2-1-3-7-11/h1-3,6-7H,4-5,8-10H2. The van der Waals surface area contributed by atoms with E-state index in [-0.39, 0.29) is 5.24 Å². The third-order valence-electron chi connectivity index (χ3n) is 3.06. The van der Waals surface area contributed by atoms with Crippen LogP contribution in [0.15, 0.2) is 35.9 Å². The van der Waals surface area contributed by atoms with Crippen LogP contribution in [0, 0.1) is 0 Å². The number of benzene rings is 1. The second-order valence-electron chi connectivity index (χ2n) is 4.19. The summed E-state index contributed by atoms with van der Waals surface area (Å²) in [7, 11) is 0. The molecule has 1 aromatic rings. The minimum Gasteiger partial charge on any atom is -0.281 e. The van der Waals surface area contributed by atoms with Gasteiger partial charge in [0.05, 0.1) is 0 Å². The third-order valence-corrected chi connectivity index (χ3v) is 3.19. The van der Waals surface area contributed by atoms with E-state index in [1.807, 2.05) is 18.2 Å². The molecule has 2 rings (SSSR count). The zero-order valence-corrected chi connectivity index (χ0v) is 9.96. The maximum atomic E-state index is 11.0. The van der Waals surface area contributed by atoms with Gasteiger partial charge in [-0.2, -0.15) is 0 Å². The largest absolute Gasteiger partial charge is 0.281 e. The first-order chi connectivity index (χ1) is 7.77. The Morgan fingerprint density at radius 2 is 1.81 bits per heavy atom. The van der Waals surface area contributed by atoms with E-state index in [4.69, 9.17) is 11.6 Å². The molecule has 1 aromatic carbocycles. The summed E-state index contributed by atoms with van der Waals surface area (Å²) in [6.07, 6.45) is 4.89. The molecule has 1 aliphatic carbocycles. The van der Waals surface area contributed by atoms with Crippen LogP contribution in [-0.4, -0.2) is 5.24 Å². The van der Waals surface area contributed by atoms with E-state index in [1.54, 1.807) is 0 Å². The van der Waals surface area contributed by atoms with Crippen molar-refractivity contribution in [2.45, 2.75) is 32.1 Å². The molecule has 0 amide bonds. The van der Waals surface area contributed by atoms with Crippen LogP contribution in [0.5, 0.6) is 0 Å². The molecule has 84 valence electrons. The molecule has 0 atom stereocenters. The normalized spacial score (nSPS) is 16.3. The molecule has 0 spiro atoms. The van der Waals surface area contributed by atoms with Gasteiger partial charge in [-0.1, -0.05) is 35.9 Å². The molecule has 0 radical (unpaired) electrons. The fourth-order valence-corrected chi connectivity index (χ4v) is 2.48. The lowest BCUT2D eigenvalue weighted by molar-refractivity contribution is -0.111. The van der Waals surface area contributed by atoms with Crippen molar-refractivity contribution in [2.75, 3.05) is 0 Å². The van der Waals surface area contributed by atoms with E-state index in [2.05, 4.69) is 12.1 Å². The molecular weight excluding hydrogens is 220 g/mol. The number of hydrogen-bond donors (Lipinski definition) is 0. The second-order valence-corrected chi connectivity index (χ2v) is 4.61. The zero-order chi connectivity index (χ0) is 11.4. The van der Waals surface area contributed by atoms with Crippen molar-refractivity contribution in [1.82, 2.24) is 0 Å². The van der Waals surface area contributed by atoms with Gasteiger partial charge in [-0.05, 0) is 48.4 Å². The van der Waals surface area contributed by atoms with Crippen LogP contribution in [0.25, 0.3) is 5.57 Å². The Balaban J connectivity index is 2.33. The van der Waals surface area contributed by atoms with Crippen LogP contribution in [0.2, 0.25) is 0 Å². The van der Waals surface area contributed by atoms with Gasteiger partial charge in [-0.3, -0.25) is 4.79 Å². The lowest BCUT2D eigenvalue weighted by atomic mass is 9.86. The highest BCUT2D eigenvalue weighted by molar-refractivity contribution is 6.63. The van der Waals surface area contributed by atoms with Gasteiger partial charge in [0, 0.05) is 6.42 Å². The van der Waals surface area contributed by atoms with Crippen molar-refractivity contribution in [1.29, 1.82) is 0 Å². The Morgan fingerprint density at radius 1 is 1.12 bits per heavy atom. The average Bonchev–Trinajstić information content (AvgIpc) is 2.30. The van der Waals surface area contributed by atoms with Crippen molar-refractivity contribution < 1.29 is 4.79 Å².